The maximum Gasteiger partial charge on any atom is 0.329 e. The van der Waals surface area contributed by atoms with Crippen molar-refractivity contribution in [1.82, 2.24) is 15.6 Å². The fraction of sp³-hybridized carbons (Fsp3) is 0.462. The smallest absolute Gasteiger partial charge is 0.329 e. The van der Waals surface area contributed by atoms with Crippen LogP contribution in [0.2, 0.25) is 0 Å². The van der Waals surface area contributed by atoms with E-state index >= 15 is 0 Å². The fourth-order valence-electron chi connectivity index (χ4n) is 1.54. The van der Waals surface area contributed by atoms with Crippen molar-refractivity contribution < 1.29 is 14.3 Å². The van der Waals surface area contributed by atoms with Crippen molar-refractivity contribution in [3.05, 3.63) is 29.6 Å². The van der Waals surface area contributed by atoms with E-state index < -0.39 is 12.0 Å². The van der Waals surface area contributed by atoms with E-state index in [1.54, 1.807) is 6.20 Å². The molecule has 0 aliphatic carbocycles. The first kappa shape index (κ1) is 15.1. The Kier molecular flexibility index (Phi) is 5.95. The molecule has 1 heterocycles. The van der Waals surface area contributed by atoms with E-state index in [4.69, 9.17) is 0 Å². The normalized spacial score (nSPS) is 11.7. The van der Waals surface area contributed by atoms with Gasteiger partial charge in [0.2, 0.25) is 5.91 Å². The van der Waals surface area contributed by atoms with Crippen LogP contribution in [0, 0.1) is 6.92 Å². The minimum absolute atomic E-state index is 0.269. The van der Waals surface area contributed by atoms with Gasteiger partial charge in [-0.15, -0.1) is 0 Å². The lowest BCUT2D eigenvalue weighted by Gasteiger charge is -2.16. The van der Waals surface area contributed by atoms with Gasteiger partial charge < -0.3 is 15.4 Å². The number of carbonyl (C=O) groups excluding carboxylic acids is 2. The third kappa shape index (κ3) is 5.48. The Morgan fingerprint density at radius 3 is 2.68 bits per heavy atom. The number of ether oxygens (including phenoxy) is 1. The Bertz CT molecular complexity index is 431. The summed E-state index contributed by atoms with van der Waals surface area (Å²) in [6, 6.07) is 3.20. The van der Waals surface area contributed by atoms with E-state index in [1.165, 1.54) is 14.0 Å². The summed E-state index contributed by atoms with van der Waals surface area (Å²) in [5.74, 6) is -0.737. The number of aryl methyl sites for hydroxylation is 1. The zero-order chi connectivity index (χ0) is 14.3. The third-order valence-electron chi connectivity index (χ3n) is 2.51. The van der Waals surface area contributed by atoms with Crippen molar-refractivity contribution in [2.75, 3.05) is 13.7 Å². The molecule has 2 N–H and O–H groups in total. The Morgan fingerprint density at radius 2 is 2.16 bits per heavy atom. The molecule has 1 rings (SSSR count). The predicted octanol–water partition coefficient (Wildman–Crippen LogP) is 0.157. The van der Waals surface area contributed by atoms with Gasteiger partial charge in [0.25, 0.3) is 0 Å². The van der Waals surface area contributed by atoms with Crippen LogP contribution in [0.4, 0.5) is 0 Å². The second-order valence-corrected chi connectivity index (χ2v) is 4.21. The molecule has 0 aliphatic rings. The van der Waals surface area contributed by atoms with Crippen molar-refractivity contribution in [2.24, 2.45) is 0 Å². The maximum absolute atomic E-state index is 11.4. The molecule has 104 valence electrons. The summed E-state index contributed by atoms with van der Waals surface area (Å²) in [6.45, 7) is 4.15. The molecule has 0 aromatic carbocycles. The maximum atomic E-state index is 11.4. The fourth-order valence-corrected chi connectivity index (χ4v) is 1.54. The van der Waals surface area contributed by atoms with E-state index in [2.05, 4.69) is 20.4 Å². The summed E-state index contributed by atoms with van der Waals surface area (Å²) in [7, 11) is 1.29. The molecule has 0 spiro atoms. The Labute approximate surface area is 112 Å². The van der Waals surface area contributed by atoms with Crippen LogP contribution >= 0.6 is 0 Å². The topological polar surface area (TPSA) is 80.3 Å². The molecule has 0 bridgehead atoms. The number of nitrogens with zero attached hydrogens (tertiary/aromatic N) is 1. The molecule has 1 amide bonds. The van der Waals surface area contributed by atoms with Crippen molar-refractivity contribution in [3.63, 3.8) is 0 Å². The number of rotatable bonds is 6. The van der Waals surface area contributed by atoms with Gasteiger partial charge in [-0.25, -0.2) is 4.79 Å². The molecule has 0 saturated carbocycles. The van der Waals surface area contributed by atoms with Crippen LogP contribution in [0.15, 0.2) is 18.3 Å². The molecule has 6 nitrogen and oxygen atoms in total. The molecule has 1 unspecified atom stereocenters. The summed E-state index contributed by atoms with van der Waals surface area (Å²) in [5, 5.41) is 5.62. The number of hydrogen-bond donors (Lipinski definition) is 2. The zero-order valence-electron chi connectivity index (χ0n) is 11.4. The van der Waals surface area contributed by atoms with Gasteiger partial charge in [0.15, 0.2) is 0 Å². The second kappa shape index (κ2) is 7.48. The highest BCUT2D eigenvalue weighted by molar-refractivity contribution is 5.83. The SMILES string of the molecule is COC(=O)C(CNCc1ccc(C)nc1)NC(C)=O. The molecule has 6 heteroatoms. The van der Waals surface area contributed by atoms with Crippen molar-refractivity contribution in [1.29, 1.82) is 0 Å². The lowest BCUT2D eigenvalue weighted by Crippen LogP contribution is -2.46. The minimum Gasteiger partial charge on any atom is -0.467 e. The molecule has 1 atom stereocenters. The summed E-state index contributed by atoms with van der Waals surface area (Å²) in [5.41, 5.74) is 1.96. The largest absolute Gasteiger partial charge is 0.467 e. The summed E-state index contributed by atoms with van der Waals surface area (Å²) >= 11 is 0. The van der Waals surface area contributed by atoms with Gasteiger partial charge in [-0.05, 0) is 18.6 Å². The minimum atomic E-state index is -0.680. The molecular weight excluding hydrogens is 246 g/mol. The highest BCUT2D eigenvalue weighted by Gasteiger charge is 2.19. The number of carbonyl (C=O) groups is 2. The van der Waals surface area contributed by atoms with Crippen LogP contribution in [-0.4, -0.2) is 36.6 Å². The average molecular weight is 265 g/mol. The number of pyridine rings is 1. The third-order valence-corrected chi connectivity index (χ3v) is 2.51. The van der Waals surface area contributed by atoms with E-state index in [0.717, 1.165) is 11.3 Å². The first-order valence-corrected chi connectivity index (χ1v) is 6.00. The lowest BCUT2D eigenvalue weighted by molar-refractivity contribution is -0.144. The predicted molar refractivity (Wildman–Crippen MR) is 70.3 cm³/mol. The lowest BCUT2D eigenvalue weighted by atomic mass is 10.2. The first-order chi connectivity index (χ1) is 9.02. The van der Waals surface area contributed by atoms with Gasteiger partial charge in [0, 0.05) is 31.9 Å². The second-order valence-electron chi connectivity index (χ2n) is 4.21. The van der Waals surface area contributed by atoms with Gasteiger partial charge in [-0.2, -0.15) is 0 Å². The number of hydrogen-bond acceptors (Lipinski definition) is 5. The quantitative estimate of drug-likeness (QED) is 0.716. The van der Waals surface area contributed by atoms with E-state index in [9.17, 15) is 9.59 Å². The van der Waals surface area contributed by atoms with Crippen LogP contribution in [0.1, 0.15) is 18.2 Å². The van der Waals surface area contributed by atoms with Crippen LogP contribution < -0.4 is 10.6 Å². The van der Waals surface area contributed by atoms with Gasteiger partial charge in [0.05, 0.1) is 7.11 Å². The van der Waals surface area contributed by atoms with Gasteiger partial charge in [-0.3, -0.25) is 9.78 Å². The summed E-state index contributed by atoms with van der Waals surface area (Å²) in [6.07, 6.45) is 1.77. The Hall–Kier alpha value is -1.95. The molecule has 0 fully saturated rings. The Balaban J connectivity index is 2.45. The monoisotopic (exact) mass is 265 g/mol. The van der Waals surface area contributed by atoms with Crippen LogP contribution in [0.3, 0.4) is 0 Å². The first-order valence-electron chi connectivity index (χ1n) is 6.00. The van der Waals surface area contributed by atoms with Crippen LogP contribution in [-0.2, 0) is 20.9 Å². The van der Waals surface area contributed by atoms with Crippen molar-refractivity contribution >= 4 is 11.9 Å². The molecule has 1 aromatic heterocycles. The number of aromatic nitrogens is 1. The molecule has 19 heavy (non-hydrogen) atoms. The van der Waals surface area contributed by atoms with Gasteiger partial charge in [0.1, 0.15) is 6.04 Å². The van der Waals surface area contributed by atoms with E-state index in [-0.39, 0.29) is 5.91 Å². The molecule has 1 aromatic rings. The number of amides is 1. The van der Waals surface area contributed by atoms with Crippen LogP contribution in [0.5, 0.6) is 0 Å². The molecule has 0 saturated heterocycles. The van der Waals surface area contributed by atoms with Crippen molar-refractivity contribution in [3.8, 4) is 0 Å². The Morgan fingerprint density at radius 1 is 1.42 bits per heavy atom. The molecule has 0 aliphatic heterocycles. The van der Waals surface area contributed by atoms with Crippen LogP contribution in [0.25, 0.3) is 0 Å². The van der Waals surface area contributed by atoms with Crippen molar-refractivity contribution in [2.45, 2.75) is 26.4 Å². The zero-order valence-corrected chi connectivity index (χ0v) is 11.4. The highest BCUT2D eigenvalue weighted by atomic mass is 16.5. The molecular formula is C13H19N3O3. The molecule has 0 radical (unpaired) electrons. The standard InChI is InChI=1S/C13H19N3O3/c1-9-4-5-11(7-15-9)6-14-8-12(13(18)19-3)16-10(2)17/h4-5,7,12,14H,6,8H2,1-3H3,(H,16,17). The van der Waals surface area contributed by atoms with E-state index in [0.29, 0.717) is 13.1 Å². The number of esters is 1. The highest BCUT2D eigenvalue weighted by Crippen LogP contribution is 1.98. The van der Waals surface area contributed by atoms with E-state index in [1.807, 2.05) is 19.1 Å². The average Bonchev–Trinajstić information content (AvgIpc) is 2.38. The van der Waals surface area contributed by atoms with Gasteiger partial charge in [-0.1, -0.05) is 6.07 Å². The number of nitrogens with one attached hydrogen (secondary N) is 2. The summed E-state index contributed by atoms with van der Waals surface area (Å²) in [4.78, 5) is 26.6. The number of methoxy groups -OCH3 is 1. The summed E-state index contributed by atoms with van der Waals surface area (Å²) < 4.78 is 4.63. The van der Waals surface area contributed by atoms with Gasteiger partial charge >= 0.3 is 5.97 Å².